The number of hydrogen-bond acceptors (Lipinski definition) is 2. The van der Waals surface area contributed by atoms with Crippen molar-refractivity contribution in [1.82, 2.24) is 0 Å². The van der Waals surface area contributed by atoms with Gasteiger partial charge in [0.2, 0.25) is 0 Å². The van der Waals surface area contributed by atoms with E-state index in [2.05, 4.69) is 6.92 Å². The van der Waals surface area contributed by atoms with Gasteiger partial charge in [0.05, 0.1) is 0 Å². The first-order valence-electron chi connectivity index (χ1n) is 9.52. The number of benzene rings is 2. The third-order valence-electron chi connectivity index (χ3n) is 5.41. The normalized spacial score (nSPS) is 14.5. The van der Waals surface area contributed by atoms with Crippen LogP contribution in [-0.2, 0) is 15.0 Å². The molecule has 0 saturated heterocycles. The second-order valence-corrected chi connectivity index (χ2v) is 7.51. The Hall–Kier alpha value is -2.22. The van der Waals surface area contributed by atoms with Crippen molar-refractivity contribution in [2.45, 2.75) is 65.2 Å². The fourth-order valence-electron chi connectivity index (χ4n) is 3.35. The van der Waals surface area contributed by atoms with Crippen molar-refractivity contribution in [3.05, 3.63) is 70.8 Å². The summed E-state index contributed by atoms with van der Waals surface area (Å²) < 4.78 is 0. The van der Waals surface area contributed by atoms with Gasteiger partial charge >= 0.3 is 0 Å². The molecule has 0 spiro atoms. The molecule has 2 rings (SSSR count). The smallest absolute Gasteiger partial charge is 0.157 e. The third kappa shape index (κ3) is 4.12. The molecule has 0 aliphatic rings. The fourth-order valence-corrected chi connectivity index (χ4v) is 3.35. The van der Waals surface area contributed by atoms with Crippen LogP contribution in [0.4, 0.5) is 0 Å². The van der Waals surface area contributed by atoms with E-state index in [1.54, 1.807) is 0 Å². The van der Waals surface area contributed by atoms with Crippen molar-refractivity contribution in [2.24, 2.45) is 0 Å². The van der Waals surface area contributed by atoms with Gasteiger partial charge in [-0.1, -0.05) is 79.9 Å². The number of ketones is 2. The van der Waals surface area contributed by atoms with Crippen molar-refractivity contribution in [3.8, 4) is 0 Å². The Morgan fingerprint density at radius 1 is 0.923 bits per heavy atom. The summed E-state index contributed by atoms with van der Waals surface area (Å²) in [5, 5.41) is 0. The van der Waals surface area contributed by atoms with Crippen LogP contribution in [0.25, 0.3) is 0 Å². The second-order valence-electron chi connectivity index (χ2n) is 7.51. The summed E-state index contributed by atoms with van der Waals surface area (Å²) in [7, 11) is 0. The summed E-state index contributed by atoms with van der Waals surface area (Å²) in [6.45, 7) is 9.82. The molecular formula is C24H30O2. The minimum Gasteiger partial charge on any atom is -0.298 e. The van der Waals surface area contributed by atoms with Gasteiger partial charge in [-0.2, -0.15) is 0 Å². The SMILES string of the molecule is CCCCC(=O)C(C)(C(=O)C(C)c1ccc(C)cc1)c1ccc(C)cc1. The number of aryl methyl sites for hydroxylation is 2. The zero-order valence-corrected chi connectivity index (χ0v) is 16.6. The van der Waals surface area contributed by atoms with Crippen LogP contribution in [0.3, 0.4) is 0 Å². The molecule has 0 aliphatic carbocycles. The van der Waals surface area contributed by atoms with Crippen LogP contribution >= 0.6 is 0 Å². The van der Waals surface area contributed by atoms with Gasteiger partial charge in [-0.05, 0) is 38.3 Å². The van der Waals surface area contributed by atoms with E-state index in [1.807, 2.05) is 76.2 Å². The minimum absolute atomic E-state index is 0.0205. The lowest BCUT2D eigenvalue weighted by Gasteiger charge is -2.30. The number of hydrogen-bond donors (Lipinski definition) is 0. The van der Waals surface area contributed by atoms with Gasteiger partial charge < -0.3 is 0 Å². The topological polar surface area (TPSA) is 34.1 Å². The summed E-state index contributed by atoms with van der Waals surface area (Å²) >= 11 is 0. The van der Waals surface area contributed by atoms with Gasteiger partial charge in [-0.15, -0.1) is 0 Å². The quantitative estimate of drug-likeness (QED) is 0.573. The van der Waals surface area contributed by atoms with E-state index < -0.39 is 5.41 Å². The van der Waals surface area contributed by atoms with E-state index in [-0.39, 0.29) is 17.5 Å². The van der Waals surface area contributed by atoms with Gasteiger partial charge in [0.25, 0.3) is 0 Å². The highest BCUT2D eigenvalue weighted by atomic mass is 16.2. The third-order valence-corrected chi connectivity index (χ3v) is 5.41. The lowest BCUT2D eigenvalue weighted by atomic mass is 9.69. The first kappa shape index (κ1) is 20.1. The molecule has 2 aromatic rings. The van der Waals surface area contributed by atoms with E-state index in [0.29, 0.717) is 6.42 Å². The summed E-state index contributed by atoms with van der Waals surface area (Å²) in [5.41, 5.74) is 2.94. The molecule has 2 aromatic carbocycles. The molecule has 138 valence electrons. The van der Waals surface area contributed by atoms with Crippen LogP contribution in [-0.4, -0.2) is 11.6 Å². The molecule has 0 heterocycles. The van der Waals surface area contributed by atoms with E-state index in [1.165, 1.54) is 0 Å². The molecule has 0 saturated carbocycles. The molecule has 0 aromatic heterocycles. The molecule has 2 heteroatoms. The van der Waals surface area contributed by atoms with Crippen LogP contribution < -0.4 is 0 Å². The maximum Gasteiger partial charge on any atom is 0.157 e. The Morgan fingerprint density at radius 3 is 1.92 bits per heavy atom. The van der Waals surface area contributed by atoms with Crippen molar-refractivity contribution in [1.29, 1.82) is 0 Å². The van der Waals surface area contributed by atoms with Gasteiger partial charge in [0.1, 0.15) is 5.41 Å². The average Bonchev–Trinajstić information content (AvgIpc) is 2.65. The maximum atomic E-state index is 13.5. The summed E-state index contributed by atoms with van der Waals surface area (Å²) in [4.78, 5) is 26.6. The Labute approximate surface area is 157 Å². The zero-order valence-electron chi connectivity index (χ0n) is 16.6. The molecule has 0 bridgehead atoms. The van der Waals surface area contributed by atoms with E-state index >= 15 is 0 Å². The highest BCUT2D eigenvalue weighted by molar-refractivity contribution is 6.14. The number of rotatable bonds is 8. The summed E-state index contributed by atoms with van der Waals surface area (Å²) in [5.74, 6) is -0.328. The second kappa shape index (κ2) is 8.44. The standard InChI is InChI=1S/C24H30O2/c1-6-7-8-22(25)24(5,21-15-11-18(3)12-16-21)23(26)19(4)20-13-9-17(2)10-14-20/h9-16,19H,6-8H2,1-5H3. The minimum atomic E-state index is -1.10. The van der Waals surface area contributed by atoms with Crippen LogP contribution in [0.1, 0.15) is 68.2 Å². The summed E-state index contributed by atoms with van der Waals surface area (Å²) in [6.07, 6.45) is 2.19. The Balaban J connectivity index is 2.44. The van der Waals surface area contributed by atoms with E-state index in [9.17, 15) is 9.59 Å². The molecule has 0 N–H and O–H groups in total. The molecule has 0 aliphatic heterocycles. The molecule has 26 heavy (non-hydrogen) atoms. The molecular weight excluding hydrogens is 320 g/mol. The first-order valence-corrected chi connectivity index (χ1v) is 9.52. The van der Waals surface area contributed by atoms with Gasteiger partial charge in [0, 0.05) is 12.3 Å². The summed E-state index contributed by atoms with van der Waals surface area (Å²) in [6, 6.07) is 15.8. The molecule has 2 nitrogen and oxygen atoms in total. The monoisotopic (exact) mass is 350 g/mol. The van der Waals surface area contributed by atoms with Crippen molar-refractivity contribution >= 4 is 11.6 Å². The molecule has 0 amide bonds. The fraction of sp³-hybridized carbons (Fsp3) is 0.417. The van der Waals surface area contributed by atoms with Crippen LogP contribution in [0, 0.1) is 13.8 Å². The number of Topliss-reactive ketones (excluding diaryl/α,β-unsaturated/α-hetero) is 2. The van der Waals surface area contributed by atoms with Gasteiger partial charge in [0.15, 0.2) is 11.6 Å². The molecule has 0 fully saturated rings. The van der Waals surface area contributed by atoms with Crippen LogP contribution in [0.15, 0.2) is 48.5 Å². The molecule has 2 atom stereocenters. The maximum absolute atomic E-state index is 13.5. The Kier molecular flexibility index (Phi) is 6.52. The highest BCUT2D eigenvalue weighted by Crippen LogP contribution is 2.34. The molecule has 0 radical (unpaired) electrons. The van der Waals surface area contributed by atoms with E-state index in [4.69, 9.17) is 0 Å². The molecule has 2 unspecified atom stereocenters. The van der Waals surface area contributed by atoms with Crippen molar-refractivity contribution in [2.75, 3.05) is 0 Å². The van der Waals surface area contributed by atoms with Crippen molar-refractivity contribution in [3.63, 3.8) is 0 Å². The highest BCUT2D eigenvalue weighted by Gasteiger charge is 2.43. The first-order chi connectivity index (χ1) is 12.3. The Bertz CT molecular complexity index is 756. The lowest BCUT2D eigenvalue weighted by Crippen LogP contribution is -2.43. The lowest BCUT2D eigenvalue weighted by molar-refractivity contribution is -0.135. The van der Waals surface area contributed by atoms with Crippen molar-refractivity contribution < 1.29 is 9.59 Å². The number of unbranched alkanes of at least 4 members (excludes halogenated alkanes) is 1. The van der Waals surface area contributed by atoms with Crippen LogP contribution in [0.5, 0.6) is 0 Å². The van der Waals surface area contributed by atoms with Gasteiger partial charge in [-0.3, -0.25) is 9.59 Å². The average molecular weight is 351 g/mol. The largest absolute Gasteiger partial charge is 0.298 e. The van der Waals surface area contributed by atoms with Gasteiger partial charge in [-0.25, -0.2) is 0 Å². The predicted octanol–water partition coefficient (Wildman–Crippen LogP) is 5.69. The predicted molar refractivity (Wildman–Crippen MR) is 108 cm³/mol. The number of carbonyl (C=O) groups is 2. The Morgan fingerprint density at radius 2 is 1.42 bits per heavy atom. The number of carbonyl (C=O) groups excluding carboxylic acids is 2. The zero-order chi connectivity index (χ0) is 19.3. The van der Waals surface area contributed by atoms with Crippen LogP contribution in [0.2, 0.25) is 0 Å². The van der Waals surface area contributed by atoms with E-state index in [0.717, 1.165) is 35.1 Å².